The Bertz CT molecular complexity index is 496. The second-order valence-electron chi connectivity index (χ2n) is 4.73. The van der Waals surface area contributed by atoms with Gasteiger partial charge in [0.05, 0.1) is 6.04 Å². The van der Waals surface area contributed by atoms with Gasteiger partial charge in [-0.3, -0.25) is 0 Å². The normalized spacial score (nSPS) is 12.6. The van der Waals surface area contributed by atoms with E-state index >= 15 is 0 Å². The first-order valence-corrected chi connectivity index (χ1v) is 6.46. The Morgan fingerprint density at radius 3 is 2.58 bits per heavy atom. The summed E-state index contributed by atoms with van der Waals surface area (Å²) in [5, 5.41) is 16.2. The molecule has 2 aromatic rings. The molecular formula is C14H19N3O2. The molecule has 0 saturated heterocycles. The van der Waals surface area contributed by atoms with Crippen LogP contribution in [0.15, 0.2) is 34.9 Å². The van der Waals surface area contributed by atoms with Gasteiger partial charge < -0.3 is 14.9 Å². The van der Waals surface area contributed by atoms with Crippen molar-refractivity contribution in [3.8, 4) is 0 Å². The molecule has 0 fully saturated rings. The lowest BCUT2D eigenvalue weighted by Crippen LogP contribution is -2.12. The van der Waals surface area contributed by atoms with E-state index in [4.69, 9.17) is 9.63 Å². The fourth-order valence-electron chi connectivity index (χ4n) is 1.81. The van der Waals surface area contributed by atoms with Crippen LogP contribution in [0.2, 0.25) is 0 Å². The van der Waals surface area contributed by atoms with Crippen molar-refractivity contribution in [1.29, 1.82) is 0 Å². The first-order chi connectivity index (χ1) is 9.20. The van der Waals surface area contributed by atoms with Crippen LogP contribution < -0.4 is 5.32 Å². The molecule has 5 nitrogen and oxygen atoms in total. The lowest BCUT2D eigenvalue weighted by Gasteiger charge is -2.16. The maximum atomic E-state index is 9.16. The monoisotopic (exact) mass is 261 g/mol. The second-order valence-corrected chi connectivity index (χ2v) is 4.73. The summed E-state index contributed by atoms with van der Waals surface area (Å²) >= 11 is 0. The maximum absolute atomic E-state index is 9.16. The van der Waals surface area contributed by atoms with E-state index < -0.39 is 0 Å². The van der Waals surface area contributed by atoms with Crippen LogP contribution in [-0.4, -0.2) is 21.9 Å². The standard InChI is InChI=1S/C14H19N3O2/c1-10(2)13-16-14(19-17-13)15-12(8-9-18)11-6-4-3-5-7-11/h3-7,10,12,18H,8-9H2,1-2H3,(H,15,16,17)/t12-/m0/s1. The van der Waals surface area contributed by atoms with Crippen LogP contribution in [-0.2, 0) is 0 Å². The largest absolute Gasteiger partial charge is 0.396 e. The molecule has 1 atom stereocenters. The highest BCUT2D eigenvalue weighted by Gasteiger charge is 2.15. The van der Waals surface area contributed by atoms with Crippen LogP contribution in [0.1, 0.15) is 43.6 Å². The minimum atomic E-state index is -0.0355. The summed E-state index contributed by atoms with van der Waals surface area (Å²) in [6, 6.07) is 10.3. The summed E-state index contributed by atoms with van der Waals surface area (Å²) in [7, 11) is 0. The Morgan fingerprint density at radius 2 is 2.00 bits per heavy atom. The summed E-state index contributed by atoms with van der Waals surface area (Å²) in [5.41, 5.74) is 1.08. The van der Waals surface area contributed by atoms with Gasteiger partial charge in [0.2, 0.25) is 0 Å². The fraction of sp³-hybridized carbons (Fsp3) is 0.429. The molecule has 0 unspecified atom stereocenters. The van der Waals surface area contributed by atoms with Crippen molar-refractivity contribution in [2.24, 2.45) is 0 Å². The zero-order valence-corrected chi connectivity index (χ0v) is 11.2. The zero-order chi connectivity index (χ0) is 13.7. The van der Waals surface area contributed by atoms with Crippen molar-refractivity contribution in [1.82, 2.24) is 10.1 Å². The van der Waals surface area contributed by atoms with E-state index in [1.807, 2.05) is 44.2 Å². The topological polar surface area (TPSA) is 71.2 Å². The molecular weight excluding hydrogens is 242 g/mol. The molecule has 1 aromatic heterocycles. The minimum Gasteiger partial charge on any atom is -0.396 e. The van der Waals surface area contributed by atoms with Crippen molar-refractivity contribution in [2.45, 2.75) is 32.2 Å². The Labute approximate surface area is 112 Å². The Balaban J connectivity index is 2.12. The summed E-state index contributed by atoms with van der Waals surface area (Å²) in [6.45, 7) is 4.12. The molecule has 0 aliphatic carbocycles. The van der Waals surface area contributed by atoms with Crippen LogP contribution >= 0.6 is 0 Å². The van der Waals surface area contributed by atoms with Gasteiger partial charge in [-0.25, -0.2) is 0 Å². The molecule has 0 amide bonds. The molecule has 19 heavy (non-hydrogen) atoms. The van der Waals surface area contributed by atoms with Crippen LogP contribution in [0.25, 0.3) is 0 Å². The minimum absolute atomic E-state index is 0.0355. The number of aromatic nitrogens is 2. The van der Waals surface area contributed by atoms with Gasteiger partial charge in [0.1, 0.15) is 0 Å². The van der Waals surface area contributed by atoms with Gasteiger partial charge in [0, 0.05) is 12.5 Å². The molecule has 0 saturated carbocycles. The van der Waals surface area contributed by atoms with Gasteiger partial charge >= 0.3 is 6.01 Å². The predicted molar refractivity (Wildman–Crippen MR) is 72.9 cm³/mol. The average Bonchev–Trinajstić information content (AvgIpc) is 2.88. The average molecular weight is 261 g/mol. The van der Waals surface area contributed by atoms with Gasteiger partial charge in [-0.15, -0.1) is 0 Å². The lowest BCUT2D eigenvalue weighted by atomic mass is 10.0. The van der Waals surface area contributed by atoms with E-state index in [9.17, 15) is 0 Å². The highest BCUT2D eigenvalue weighted by molar-refractivity contribution is 5.29. The molecule has 0 radical (unpaired) electrons. The smallest absolute Gasteiger partial charge is 0.321 e. The van der Waals surface area contributed by atoms with Gasteiger partial charge in [-0.1, -0.05) is 49.3 Å². The number of nitrogens with one attached hydrogen (secondary N) is 1. The molecule has 2 rings (SSSR count). The molecule has 1 aromatic carbocycles. The molecule has 0 aliphatic heterocycles. The Hall–Kier alpha value is -1.88. The predicted octanol–water partition coefficient (Wildman–Crippen LogP) is 2.73. The van der Waals surface area contributed by atoms with Crippen LogP contribution in [0.4, 0.5) is 6.01 Å². The number of hydrogen-bond acceptors (Lipinski definition) is 5. The van der Waals surface area contributed by atoms with Crippen LogP contribution in [0.5, 0.6) is 0 Å². The Morgan fingerprint density at radius 1 is 1.26 bits per heavy atom. The van der Waals surface area contributed by atoms with E-state index in [0.717, 1.165) is 5.56 Å². The molecule has 102 valence electrons. The van der Waals surface area contributed by atoms with E-state index in [-0.39, 0.29) is 18.6 Å². The highest BCUT2D eigenvalue weighted by Crippen LogP contribution is 2.22. The third-order valence-corrected chi connectivity index (χ3v) is 2.88. The van der Waals surface area contributed by atoms with Crippen molar-refractivity contribution in [2.75, 3.05) is 11.9 Å². The SMILES string of the molecule is CC(C)c1noc(N[C@@H](CCO)c2ccccc2)n1. The van der Waals surface area contributed by atoms with Crippen molar-refractivity contribution in [3.05, 3.63) is 41.7 Å². The molecule has 1 heterocycles. The number of nitrogens with zero attached hydrogens (tertiary/aromatic N) is 2. The Kier molecular flexibility index (Phi) is 4.52. The number of rotatable bonds is 6. The highest BCUT2D eigenvalue weighted by atomic mass is 16.5. The quantitative estimate of drug-likeness (QED) is 0.836. The molecule has 0 bridgehead atoms. The number of hydrogen-bond donors (Lipinski definition) is 2. The first-order valence-electron chi connectivity index (χ1n) is 6.46. The number of anilines is 1. The van der Waals surface area contributed by atoms with Gasteiger partial charge in [-0.05, 0) is 12.0 Å². The summed E-state index contributed by atoms with van der Waals surface area (Å²) in [4.78, 5) is 4.29. The van der Waals surface area contributed by atoms with Gasteiger partial charge in [0.15, 0.2) is 5.82 Å². The van der Waals surface area contributed by atoms with Crippen LogP contribution in [0, 0.1) is 0 Å². The second kappa shape index (κ2) is 6.33. The van der Waals surface area contributed by atoms with Gasteiger partial charge in [0.25, 0.3) is 0 Å². The van der Waals surface area contributed by atoms with Crippen LogP contribution in [0.3, 0.4) is 0 Å². The zero-order valence-electron chi connectivity index (χ0n) is 11.2. The van der Waals surface area contributed by atoms with E-state index in [2.05, 4.69) is 15.5 Å². The molecule has 0 aliphatic rings. The molecule has 0 spiro atoms. The fourth-order valence-corrected chi connectivity index (χ4v) is 1.81. The first kappa shape index (κ1) is 13.5. The third-order valence-electron chi connectivity index (χ3n) is 2.88. The number of benzene rings is 1. The van der Waals surface area contributed by atoms with Crippen molar-refractivity contribution in [3.63, 3.8) is 0 Å². The van der Waals surface area contributed by atoms with E-state index in [1.165, 1.54) is 0 Å². The van der Waals surface area contributed by atoms with Crippen molar-refractivity contribution >= 4 is 6.01 Å². The molecule has 2 N–H and O–H groups in total. The summed E-state index contributed by atoms with van der Waals surface area (Å²) in [5.74, 6) is 0.908. The van der Waals surface area contributed by atoms with Crippen molar-refractivity contribution < 1.29 is 9.63 Å². The van der Waals surface area contributed by atoms with Gasteiger partial charge in [-0.2, -0.15) is 4.98 Å². The van der Waals surface area contributed by atoms with E-state index in [0.29, 0.717) is 18.3 Å². The number of aliphatic hydroxyl groups excluding tert-OH is 1. The summed E-state index contributed by atoms with van der Waals surface area (Å²) < 4.78 is 5.17. The van der Waals surface area contributed by atoms with E-state index in [1.54, 1.807) is 0 Å². The lowest BCUT2D eigenvalue weighted by molar-refractivity contribution is 0.278. The number of aliphatic hydroxyl groups is 1. The summed E-state index contributed by atoms with van der Waals surface area (Å²) in [6.07, 6.45) is 0.587. The maximum Gasteiger partial charge on any atom is 0.321 e. The molecule has 5 heteroatoms. The third kappa shape index (κ3) is 3.54.